The zero-order valence-corrected chi connectivity index (χ0v) is 15.9. The molecule has 2 aliphatic carbocycles. The Morgan fingerprint density at radius 2 is 2.00 bits per heavy atom. The first-order chi connectivity index (χ1) is 12.4. The quantitative estimate of drug-likeness (QED) is 0.856. The molecule has 0 saturated heterocycles. The molecule has 6 heteroatoms. The summed E-state index contributed by atoms with van der Waals surface area (Å²) in [5.41, 5.74) is 8.09. The van der Waals surface area contributed by atoms with Crippen molar-refractivity contribution in [2.45, 2.75) is 45.2 Å². The molecule has 0 spiro atoms. The predicted octanol–water partition coefficient (Wildman–Crippen LogP) is 3.81. The molecule has 1 heterocycles. The third kappa shape index (κ3) is 3.05. The Labute approximate surface area is 157 Å². The third-order valence-electron chi connectivity index (χ3n) is 5.96. The van der Waals surface area contributed by atoms with Crippen LogP contribution in [0.1, 0.15) is 42.8 Å². The molecule has 138 valence electrons. The summed E-state index contributed by atoms with van der Waals surface area (Å²) in [5.74, 6) is 0.722. The van der Waals surface area contributed by atoms with Gasteiger partial charge in [-0.05, 0) is 69.2 Å². The van der Waals surface area contributed by atoms with Gasteiger partial charge in [-0.2, -0.15) is 0 Å². The molecule has 2 saturated carbocycles. The number of fused-ring (bicyclic) bond motifs is 2. The number of carbonyl (C=O) groups is 1. The molecule has 0 radical (unpaired) electrons. The van der Waals surface area contributed by atoms with Crippen LogP contribution in [0.5, 0.6) is 0 Å². The Hall–Kier alpha value is -1.79. The van der Waals surface area contributed by atoms with E-state index in [9.17, 15) is 9.18 Å². The molecule has 1 aromatic heterocycles. The van der Waals surface area contributed by atoms with Gasteiger partial charge in [0.25, 0.3) is 0 Å². The summed E-state index contributed by atoms with van der Waals surface area (Å²) in [4.78, 5) is 18.5. The van der Waals surface area contributed by atoms with Gasteiger partial charge < -0.3 is 11.1 Å². The van der Waals surface area contributed by atoms with E-state index in [4.69, 9.17) is 5.73 Å². The summed E-state index contributed by atoms with van der Waals surface area (Å²) >= 11 is 1.55. The van der Waals surface area contributed by atoms with Crippen molar-refractivity contribution in [2.24, 2.45) is 23.5 Å². The maximum Gasteiger partial charge on any atom is 0.225 e. The fourth-order valence-corrected chi connectivity index (χ4v) is 5.70. The van der Waals surface area contributed by atoms with Crippen LogP contribution >= 0.6 is 11.3 Å². The molecular formula is C20H24FN3OS. The summed E-state index contributed by atoms with van der Waals surface area (Å²) in [5, 5.41) is 4.00. The maximum absolute atomic E-state index is 13.1. The molecule has 5 unspecified atom stereocenters. The highest BCUT2D eigenvalue weighted by Gasteiger charge is 2.49. The summed E-state index contributed by atoms with van der Waals surface area (Å²) in [6, 6.07) is 6.23. The van der Waals surface area contributed by atoms with Crippen LogP contribution in [-0.4, -0.2) is 16.9 Å². The van der Waals surface area contributed by atoms with Crippen LogP contribution in [0.2, 0.25) is 0 Å². The van der Waals surface area contributed by atoms with E-state index in [1.54, 1.807) is 23.5 Å². The molecule has 2 aromatic rings. The molecule has 2 fully saturated rings. The molecule has 1 aromatic carbocycles. The maximum atomic E-state index is 13.1. The lowest BCUT2D eigenvalue weighted by molar-refractivity contribution is -0.127. The van der Waals surface area contributed by atoms with Crippen molar-refractivity contribution in [3.05, 3.63) is 40.7 Å². The van der Waals surface area contributed by atoms with E-state index in [1.807, 2.05) is 13.8 Å². The van der Waals surface area contributed by atoms with E-state index < -0.39 is 0 Å². The first kappa shape index (κ1) is 17.6. The number of hydrogen-bond acceptors (Lipinski definition) is 4. The topological polar surface area (TPSA) is 68.0 Å². The van der Waals surface area contributed by atoms with E-state index in [2.05, 4.69) is 10.3 Å². The highest BCUT2D eigenvalue weighted by atomic mass is 32.1. The molecule has 2 aliphatic rings. The van der Waals surface area contributed by atoms with Gasteiger partial charge in [-0.3, -0.25) is 4.79 Å². The normalized spacial score (nSPS) is 28.3. The smallest absolute Gasteiger partial charge is 0.225 e. The van der Waals surface area contributed by atoms with Crippen LogP contribution in [0.15, 0.2) is 24.3 Å². The van der Waals surface area contributed by atoms with Crippen molar-refractivity contribution in [1.82, 2.24) is 10.3 Å². The van der Waals surface area contributed by atoms with Gasteiger partial charge in [0.1, 0.15) is 10.8 Å². The van der Waals surface area contributed by atoms with E-state index in [0.29, 0.717) is 11.8 Å². The SMILES string of the molecule is Cc1nc(-c2ccc(F)cc2)sc1C(C)NC(=O)C1C2CCC(C2)C1N. The number of thiazole rings is 1. The number of rotatable bonds is 4. The van der Waals surface area contributed by atoms with Gasteiger partial charge in [0.05, 0.1) is 22.5 Å². The van der Waals surface area contributed by atoms with Gasteiger partial charge >= 0.3 is 0 Å². The van der Waals surface area contributed by atoms with Crippen molar-refractivity contribution < 1.29 is 9.18 Å². The second kappa shape index (κ2) is 6.74. The van der Waals surface area contributed by atoms with Crippen molar-refractivity contribution in [3.63, 3.8) is 0 Å². The minimum Gasteiger partial charge on any atom is -0.348 e. The number of nitrogens with one attached hydrogen (secondary N) is 1. The Morgan fingerprint density at radius 1 is 1.31 bits per heavy atom. The van der Waals surface area contributed by atoms with Gasteiger partial charge in [0.2, 0.25) is 5.91 Å². The number of amides is 1. The average molecular weight is 373 g/mol. The zero-order chi connectivity index (χ0) is 18.4. The second-order valence-electron chi connectivity index (χ2n) is 7.64. The number of nitrogens with zero attached hydrogens (tertiary/aromatic N) is 1. The lowest BCUT2D eigenvalue weighted by Gasteiger charge is -2.28. The van der Waals surface area contributed by atoms with Gasteiger partial charge in [-0.15, -0.1) is 11.3 Å². The van der Waals surface area contributed by atoms with Crippen LogP contribution in [-0.2, 0) is 4.79 Å². The molecule has 4 rings (SSSR count). The van der Waals surface area contributed by atoms with Gasteiger partial charge in [0.15, 0.2) is 0 Å². The number of benzene rings is 1. The molecule has 1 amide bonds. The lowest BCUT2D eigenvalue weighted by atomic mass is 9.84. The standard InChI is InChI=1S/C20H24FN3OS/c1-10(23-19(25)16-13-3-4-14(9-13)17(16)22)18-11(2)24-20(26-18)12-5-7-15(21)8-6-12/h5-8,10,13-14,16-17H,3-4,9,22H2,1-2H3,(H,23,25). The number of carbonyl (C=O) groups excluding carboxylic acids is 1. The fourth-order valence-electron chi connectivity index (χ4n) is 4.63. The zero-order valence-electron chi connectivity index (χ0n) is 15.0. The van der Waals surface area contributed by atoms with Gasteiger partial charge in [-0.25, -0.2) is 9.37 Å². The van der Waals surface area contributed by atoms with Crippen molar-refractivity contribution in [1.29, 1.82) is 0 Å². The minimum atomic E-state index is -0.259. The summed E-state index contributed by atoms with van der Waals surface area (Å²) in [7, 11) is 0. The van der Waals surface area contributed by atoms with E-state index in [-0.39, 0.29) is 29.7 Å². The molecule has 4 nitrogen and oxygen atoms in total. The van der Waals surface area contributed by atoms with Crippen LogP contribution < -0.4 is 11.1 Å². The molecule has 2 bridgehead atoms. The van der Waals surface area contributed by atoms with E-state index in [0.717, 1.165) is 34.0 Å². The number of nitrogens with two attached hydrogens (primary N) is 1. The number of aromatic nitrogens is 1. The number of halogens is 1. The van der Waals surface area contributed by atoms with Gasteiger partial charge in [-0.1, -0.05) is 0 Å². The minimum absolute atomic E-state index is 0.00159. The average Bonchev–Trinajstić information content (AvgIpc) is 3.29. The monoisotopic (exact) mass is 373 g/mol. The van der Waals surface area contributed by atoms with Crippen LogP contribution in [0, 0.1) is 30.5 Å². The third-order valence-corrected chi connectivity index (χ3v) is 7.35. The van der Waals surface area contributed by atoms with Crippen LogP contribution in [0.4, 0.5) is 4.39 Å². The van der Waals surface area contributed by atoms with Gasteiger partial charge in [0, 0.05) is 11.6 Å². The Balaban J connectivity index is 1.49. The predicted molar refractivity (Wildman–Crippen MR) is 101 cm³/mol. The molecular weight excluding hydrogens is 349 g/mol. The molecule has 26 heavy (non-hydrogen) atoms. The highest BCUT2D eigenvalue weighted by molar-refractivity contribution is 7.15. The second-order valence-corrected chi connectivity index (χ2v) is 8.67. The Bertz CT molecular complexity index is 817. The van der Waals surface area contributed by atoms with Crippen LogP contribution in [0.25, 0.3) is 10.6 Å². The fraction of sp³-hybridized carbons (Fsp3) is 0.500. The van der Waals surface area contributed by atoms with Crippen molar-refractivity contribution in [2.75, 3.05) is 0 Å². The highest BCUT2D eigenvalue weighted by Crippen LogP contribution is 2.47. The first-order valence-corrected chi connectivity index (χ1v) is 10.0. The molecule has 5 atom stereocenters. The van der Waals surface area contributed by atoms with E-state index >= 15 is 0 Å². The lowest BCUT2D eigenvalue weighted by Crippen LogP contribution is -2.45. The van der Waals surface area contributed by atoms with Crippen molar-refractivity contribution >= 4 is 17.2 Å². The summed E-state index contributed by atoms with van der Waals surface area (Å²) in [6.45, 7) is 3.94. The Kier molecular flexibility index (Phi) is 4.57. The molecule has 0 aliphatic heterocycles. The molecule has 3 N–H and O–H groups in total. The van der Waals surface area contributed by atoms with Crippen LogP contribution in [0.3, 0.4) is 0 Å². The summed E-state index contributed by atoms with van der Waals surface area (Å²) < 4.78 is 13.1. The number of aryl methyl sites for hydroxylation is 1. The van der Waals surface area contributed by atoms with Crippen molar-refractivity contribution in [3.8, 4) is 10.6 Å². The Morgan fingerprint density at radius 3 is 2.65 bits per heavy atom. The van der Waals surface area contributed by atoms with E-state index in [1.165, 1.54) is 18.6 Å². The summed E-state index contributed by atoms with van der Waals surface area (Å²) in [6.07, 6.45) is 3.39. The first-order valence-electron chi connectivity index (χ1n) is 9.23. The largest absolute Gasteiger partial charge is 0.348 e. The number of hydrogen-bond donors (Lipinski definition) is 2.